The minimum Gasteiger partial charge on any atom is -0.381 e. The lowest BCUT2D eigenvalue weighted by molar-refractivity contribution is 0.562. The molecule has 0 saturated heterocycles. The number of rotatable bonds is 8. The zero-order valence-corrected chi connectivity index (χ0v) is 12.5. The summed E-state index contributed by atoms with van der Waals surface area (Å²) in [5.41, 5.74) is 0.611. The van der Waals surface area contributed by atoms with Gasteiger partial charge in [0, 0.05) is 6.04 Å². The average Bonchev–Trinajstić information content (AvgIpc) is 2.35. The number of sulfonamides is 1. The largest absolute Gasteiger partial charge is 0.381 e. The molecule has 1 unspecified atom stereocenters. The Labute approximate surface area is 116 Å². The molecule has 0 aliphatic carbocycles. The number of para-hydroxylation sites is 1. The Bertz CT molecular complexity index is 486. The molecule has 108 valence electrons. The van der Waals surface area contributed by atoms with E-state index in [0.717, 1.165) is 32.1 Å². The van der Waals surface area contributed by atoms with Gasteiger partial charge in [0.25, 0.3) is 0 Å². The van der Waals surface area contributed by atoms with E-state index in [9.17, 15) is 8.42 Å². The quantitative estimate of drug-likeness (QED) is 0.770. The number of unbranched alkanes of at least 4 members (excludes halogenated alkanes) is 1. The first-order valence-electron chi connectivity index (χ1n) is 6.87. The van der Waals surface area contributed by atoms with E-state index in [4.69, 9.17) is 5.14 Å². The first-order chi connectivity index (χ1) is 8.99. The van der Waals surface area contributed by atoms with Gasteiger partial charge in [0.2, 0.25) is 10.0 Å². The van der Waals surface area contributed by atoms with E-state index in [-0.39, 0.29) is 4.90 Å². The van der Waals surface area contributed by atoms with E-state index in [1.165, 1.54) is 0 Å². The summed E-state index contributed by atoms with van der Waals surface area (Å²) >= 11 is 0. The van der Waals surface area contributed by atoms with Crippen molar-refractivity contribution in [1.82, 2.24) is 0 Å². The molecule has 1 aromatic rings. The zero-order valence-electron chi connectivity index (χ0n) is 11.7. The smallest absolute Gasteiger partial charge is 0.240 e. The SMILES string of the molecule is CCCCC(CCC)Nc1ccccc1S(N)(=O)=O. The van der Waals surface area contributed by atoms with Crippen LogP contribution in [0.5, 0.6) is 0 Å². The van der Waals surface area contributed by atoms with E-state index in [1.54, 1.807) is 18.2 Å². The Morgan fingerprint density at radius 2 is 1.84 bits per heavy atom. The van der Waals surface area contributed by atoms with Crippen LogP contribution in [0.15, 0.2) is 29.2 Å². The van der Waals surface area contributed by atoms with Crippen LogP contribution in [-0.4, -0.2) is 14.5 Å². The molecule has 0 amide bonds. The van der Waals surface area contributed by atoms with Crippen LogP contribution in [0.3, 0.4) is 0 Å². The van der Waals surface area contributed by atoms with Crippen molar-refractivity contribution in [3.8, 4) is 0 Å². The number of primary sulfonamides is 1. The summed E-state index contributed by atoms with van der Waals surface area (Å²) in [6.07, 6.45) is 5.41. The van der Waals surface area contributed by atoms with Crippen molar-refractivity contribution in [3.63, 3.8) is 0 Å². The molecule has 0 aromatic heterocycles. The predicted octanol–water partition coefficient (Wildman–Crippen LogP) is 3.10. The molecule has 4 nitrogen and oxygen atoms in total. The fourth-order valence-corrected chi connectivity index (χ4v) is 2.84. The van der Waals surface area contributed by atoms with Gasteiger partial charge < -0.3 is 5.32 Å². The van der Waals surface area contributed by atoms with Gasteiger partial charge in [-0.05, 0) is 25.0 Å². The van der Waals surface area contributed by atoms with E-state index < -0.39 is 10.0 Å². The molecule has 19 heavy (non-hydrogen) atoms. The van der Waals surface area contributed by atoms with Crippen LogP contribution >= 0.6 is 0 Å². The second-order valence-corrected chi connectivity index (χ2v) is 6.34. The van der Waals surface area contributed by atoms with Crippen molar-refractivity contribution in [3.05, 3.63) is 24.3 Å². The summed E-state index contributed by atoms with van der Waals surface area (Å²) in [6, 6.07) is 7.12. The maximum absolute atomic E-state index is 11.5. The fraction of sp³-hybridized carbons (Fsp3) is 0.571. The van der Waals surface area contributed by atoms with Gasteiger partial charge in [0.1, 0.15) is 4.90 Å². The van der Waals surface area contributed by atoms with Crippen molar-refractivity contribution < 1.29 is 8.42 Å². The number of hydrogen-bond acceptors (Lipinski definition) is 3. The Kier molecular flexibility index (Phi) is 6.31. The highest BCUT2D eigenvalue weighted by Crippen LogP contribution is 2.22. The topological polar surface area (TPSA) is 72.2 Å². The predicted molar refractivity (Wildman–Crippen MR) is 79.7 cm³/mol. The van der Waals surface area contributed by atoms with Gasteiger partial charge in [0.15, 0.2) is 0 Å². The van der Waals surface area contributed by atoms with Crippen LogP contribution in [0, 0.1) is 0 Å². The van der Waals surface area contributed by atoms with E-state index in [1.807, 2.05) is 6.07 Å². The van der Waals surface area contributed by atoms with Crippen LogP contribution in [-0.2, 0) is 10.0 Å². The highest BCUT2D eigenvalue weighted by molar-refractivity contribution is 7.89. The standard InChI is InChI=1S/C14H24N2O2S/c1-3-5-9-12(8-4-2)16-13-10-6-7-11-14(13)19(15,17)18/h6-7,10-12,16H,3-5,8-9H2,1-2H3,(H2,15,17,18). The van der Waals surface area contributed by atoms with Gasteiger partial charge in [-0.15, -0.1) is 0 Å². The Hall–Kier alpha value is -1.07. The minimum atomic E-state index is -3.68. The zero-order chi connectivity index (χ0) is 14.3. The van der Waals surface area contributed by atoms with Gasteiger partial charge in [-0.25, -0.2) is 13.6 Å². The molecule has 0 radical (unpaired) electrons. The van der Waals surface area contributed by atoms with Crippen molar-refractivity contribution in [2.75, 3.05) is 5.32 Å². The van der Waals surface area contributed by atoms with Crippen LogP contribution in [0.25, 0.3) is 0 Å². The summed E-state index contributed by atoms with van der Waals surface area (Å²) in [4.78, 5) is 0.174. The number of benzene rings is 1. The maximum atomic E-state index is 11.5. The van der Waals surface area contributed by atoms with Crippen LogP contribution in [0.4, 0.5) is 5.69 Å². The van der Waals surface area contributed by atoms with E-state index in [0.29, 0.717) is 11.7 Å². The Morgan fingerprint density at radius 1 is 1.16 bits per heavy atom. The third-order valence-corrected chi connectivity index (χ3v) is 4.07. The number of hydrogen-bond donors (Lipinski definition) is 2. The first kappa shape index (κ1) is 16.0. The molecule has 0 heterocycles. The van der Waals surface area contributed by atoms with Crippen LogP contribution < -0.4 is 10.5 Å². The third-order valence-electron chi connectivity index (χ3n) is 3.10. The lowest BCUT2D eigenvalue weighted by Crippen LogP contribution is -2.22. The molecule has 1 atom stereocenters. The third kappa shape index (κ3) is 5.20. The molecule has 0 saturated carbocycles. The van der Waals surface area contributed by atoms with Gasteiger partial charge in [0.05, 0.1) is 5.69 Å². The molecular formula is C14H24N2O2S. The fourth-order valence-electron chi connectivity index (χ4n) is 2.14. The molecule has 1 rings (SSSR count). The van der Waals surface area contributed by atoms with Gasteiger partial charge >= 0.3 is 0 Å². The summed E-state index contributed by atoms with van der Waals surface area (Å²) in [6.45, 7) is 4.29. The molecular weight excluding hydrogens is 260 g/mol. The second kappa shape index (κ2) is 7.50. The monoisotopic (exact) mass is 284 g/mol. The molecule has 5 heteroatoms. The molecule has 1 aromatic carbocycles. The molecule has 0 fully saturated rings. The lowest BCUT2D eigenvalue weighted by atomic mass is 10.0. The molecule has 0 bridgehead atoms. The lowest BCUT2D eigenvalue weighted by Gasteiger charge is -2.20. The molecule has 3 N–H and O–H groups in total. The number of anilines is 1. The second-order valence-electron chi connectivity index (χ2n) is 4.81. The van der Waals surface area contributed by atoms with Crippen molar-refractivity contribution in [1.29, 1.82) is 0 Å². The van der Waals surface area contributed by atoms with Crippen LogP contribution in [0.1, 0.15) is 46.0 Å². The molecule has 0 spiro atoms. The van der Waals surface area contributed by atoms with Gasteiger partial charge in [-0.3, -0.25) is 0 Å². The molecule has 0 aliphatic heterocycles. The number of nitrogens with two attached hydrogens (primary N) is 1. The van der Waals surface area contributed by atoms with Crippen molar-refractivity contribution in [2.45, 2.75) is 56.9 Å². The summed E-state index contributed by atoms with van der Waals surface area (Å²) in [7, 11) is -3.68. The van der Waals surface area contributed by atoms with Gasteiger partial charge in [-0.2, -0.15) is 0 Å². The maximum Gasteiger partial charge on any atom is 0.240 e. The summed E-state index contributed by atoms with van der Waals surface area (Å²) < 4.78 is 23.1. The highest BCUT2D eigenvalue weighted by atomic mass is 32.2. The summed E-state index contributed by atoms with van der Waals surface area (Å²) in [5.74, 6) is 0. The normalized spacial score (nSPS) is 13.2. The van der Waals surface area contributed by atoms with E-state index >= 15 is 0 Å². The van der Waals surface area contributed by atoms with Crippen molar-refractivity contribution in [2.24, 2.45) is 5.14 Å². The summed E-state index contributed by atoms with van der Waals surface area (Å²) in [5, 5.41) is 8.57. The average molecular weight is 284 g/mol. The number of nitrogens with one attached hydrogen (secondary N) is 1. The Morgan fingerprint density at radius 3 is 2.42 bits per heavy atom. The van der Waals surface area contributed by atoms with Gasteiger partial charge in [-0.1, -0.05) is 45.2 Å². The van der Waals surface area contributed by atoms with E-state index in [2.05, 4.69) is 19.2 Å². The molecule has 0 aliphatic rings. The Balaban J connectivity index is 2.90. The first-order valence-corrected chi connectivity index (χ1v) is 8.42. The minimum absolute atomic E-state index is 0.174. The van der Waals surface area contributed by atoms with Crippen molar-refractivity contribution >= 4 is 15.7 Å². The highest BCUT2D eigenvalue weighted by Gasteiger charge is 2.15. The van der Waals surface area contributed by atoms with Crippen LogP contribution in [0.2, 0.25) is 0 Å².